The first-order chi connectivity index (χ1) is 5.22. The van der Waals surface area contributed by atoms with Gasteiger partial charge in [-0.25, -0.2) is 0 Å². The maximum Gasteiger partial charge on any atom is 0.217 e. The number of ether oxygens (including phenoxy) is 1. The van der Waals surface area contributed by atoms with Crippen LogP contribution in [0.3, 0.4) is 0 Å². The van der Waals surface area contributed by atoms with E-state index in [4.69, 9.17) is 4.74 Å². The highest BCUT2D eigenvalue weighted by atomic mass is 16.5. The average molecular weight is 157 g/mol. The number of methoxy groups -OCH3 is 1. The van der Waals surface area contributed by atoms with Gasteiger partial charge in [-0.2, -0.15) is 0 Å². The molecule has 3 nitrogen and oxygen atoms in total. The number of hydrogen-bond donors (Lipinski definition) is 1. The first kappa shape index (κ1) is 8.53. The lowest BCUT2D eigenvalue weighted by Gasteiger charge is -2.34. The first-order valence-electron chi connectivity index (χ1n) is 3.98. The lowest BCUT2D eigenvalue weighted by atomic mass is 9.81. The van der Waals surface area contributed by atoms with Crippen molar-refractivity contribution in [2.45, 2.75) is 25.8 Å². The molecule has 0 unspecified atom stereocenters. The Hall–Kier alpha value is -0.570. The summed E-state index contributed by atoms with van der Waals surface area (Å²) >= 11 is 0. The number of carbonyl (C=O) groups excluding carboxylic acids is 1. The number of carbonyl (C=O) groups is 1. The van der Waals surface area contributed by atoms with Gasteiger partial charge in [0.05, 0.1) is 0 Å². The number of amides is 1. The SMILES string of the molecule is COC[C@H]1C[C@@H](NC(C)=O)C1. The van der Waals surface area contributed by atoms with Crippen LogP contribution in [0.15, 0.2) is 0 Å². The Morgan fingerprint density at radius 3 is 2.73 bits per heavy atom. The Bertz CT molecular complexity index is 141. The molecule has 0 atom stereocenters. The number of nitrogens with one attached hydrogen (secondary N) is 1. The van der Waals surface area contributed by atoms with Crippen molar-refractivity contribution in [1.29, 1.82) is 0 Å². The molecule has 0 aromatic rings. The van der Waals surface area contributed by atoms with Crippen LogP contribution in [0.5, 0.6) is 0 Å². The van der Waals surface area contributed by atoms with E-state index in [0.29, 0.717) is 12.0 Å². The van der Waals surface area contributed by atoms with Gasteiger partial charge in [-0.15, -0.1) is 0 Å². The summed E-state index contributed by atoms with van der Waals surface area (Å²) in [5.74, 6) is 0.739. The van der Waals surface area contributed by atoms with Crippen molar-refractivity contribution in [2.24, 2.45) is 5.92 Å². The molecule has 1 aliphatic carbocycles. The molecule has 0 aliphatic heterocycles. The van der Waals surface area contributed by atoms with Crippen LogP contribution in [0, 0.1) is 5.92 Å². The van der Waals surface area contributed by atoms with Crippen LogP contribution in [0.1, 0.15) is 19.8 Å². The third kappa shape index (κ3) is 2.50. The molecule has 0 radical (unpaired) electrons. The zero-order chi connectivity index (χ0) is 8.27. The van der Waals surface area contributed by atoms with Crippen molar-refractivity contribution in [1.82, 2.24) is 5.32 Å². The van der Waals surface area contributed by atoms with Crippen LogP contribution in [-0.2, 0) is 9.53 Å². The minimum Gasteiger partial charge on any atom is -0.384 e. The molecule has 64 valence electrons. The third-order valence-corrected chi connectivity index (χ3v) is 2.05. The maximum atomic E-state index is 10.6. The monoisotopic (exact) mass is 157 g/mol. The summed E-state index contributed by atoms with van der Waals surface area (Å²) in [6.45, 7) is 2.39. The molecular formula is C8H15NO2. The Kier molecular flexibility index (Phi) is 2.88. The minimum absolute atomic E-state index is 0.0749. The average Bonchev–Trinajstić information content (AvgIpc) is 1.82. The van der Waals surface area contributed by atoms with Gasteiger partial charge in [0.2, 0.25) is 5.91 Å². The van der Waals surface area contributed by atoms with Crippen molar-refractivity contribution in [3.8, 4) is 0 Å². The second kappa shape index (κ2) is 3.72. The second-order valence-electron chi connectivity index (χ2n) is 3.19. The molecule has 0 spiro atoms. The molecule has 3 heteroatoms. The molecule has 1 fully saturated rings. The standard InChI is InChI=1S/C8H15NO2/c1-6(10)9-8-3-7(4-8)5-11-2/h7-8H,3-5H2,1-2H3,(H,9,10)/t7-,8+. The highest BCUT2D eigenvalue weighted by molar-refractivity contribution is 5.73. The van der Waals surface area contributed by atoms with Crippen molar-refractivity contribution in [3.63, 3.8) is 0 Å². The van der Waals surface area contributed by atoms with Crippen molar-refractivity contribution < 1.29 is 9.53 Å². The van der Waals surface area contributed by atoms with Crippen LogP contribution in [0.25, 0.3) is 0 Å². The fourth-order valence-corrected chi connectivity index (χ4v) is 1.51. The zero-order valence-corrected chi connectivity index (χ0v) is 7.09. The normalized spacial score (nSPS) is 29.3. The van der Waals surface area contributed by atoms with Gasteiger partial charge in [-0.05, 0) is 18.8 Å². The van der Waals surface area contributed by atoms with Crippen molar-refractivity contribution in [3.05, 3.63) is 0 Å². The predicted molar refractivity (Wildman–Crippen MR) is 42.2 cm³/mol. The zero-order valence-electron chi connectivity index (χ0n) is 7.09. The molecule has 1 rings (SSSR count). The first-order valence-corrected chi connectivity index (χ1v) is 3.98. The largest absolute Gasteiger partial charge is 0.384 e. The van der Waals surface area contributed by atoms with Gasteiger partial charge in [-0.3, -0.25) is 4.79 Å². The summed E-state index contributed by atoms with van der Waals surface area (Å²) in [5, 5.41) is 2.87. The lowest BCUT2D eigenvalue weighted by Crippen LogP contribution is -2.44. The predicted octanol–water partition coefficient (Wildman–Crippen LogP) is 0.547. The van der Waals surface area contributed by atoms with Crippen molar-refractivity contribution in [2.75, 3.05) is 13.7 Å². The summed E-state index contributed by atoms with van der Waals surface area (Å²) in [6, 6.07) is 0.410. The summed E-state index contributed by atoms with van der Waals surface area (Å²) in [6.07, 6.45) is 2.15. The van der Waals surface area contributed by atoms with Crippen LogP contribution in [0.4, 0.5) is 0 Å². The lowest BCUT2D eigenvalue weighted by molar-refractivity contribution is -0.120. The molecule has 0 bridgehead atoms. The van der Waals surface area contributed by atoms with E-state index in [-0.39, 0.29) is 5.91 Å². The van der Waals surface area contributed by atoms with E-state index >= 15 is 0 Å². The number of rotatable bonds is 3. The summed E-state index contributed by atoms with van der Waals surface area (Å²) in [4.78, 5) is 10.6. The Labute approximate surface area is 67.1 Å². The van der Waals surface area contributed by atoms with Gasteiger partial charge in [0.1, 0.15) is 0 Å². The molecule has 1 aliphatic rings. The Balaban J connectivity index is 2.04. The fraction of sp³-hybridized carbons (Fsp3) is 0.875. The molecule has 0 heterocycles. The molecule has 1 saturated carbocycles. The Morgan fingerprint density at radius 1 is 1.64 bits per heavy atom. The summed E-state index contributed by atoms with van der Waals surface area (Å²) in [5.41, 5.74) is 0. The van der Waals surface area contributed by atoms with E-state index in [1.807, 2.05) is 0 Å². The summed E-state index contributed by atoms with van der Waals surface area (Å²) < 4.78 is 4.99. The minimum atomic E-state index is 0.0749. The smallest absolute Gasteiger partial charge is 0.217 e. The molecule has 0 aromatic heterocycles. The van der Waals surface area contributed by atoms with Gasteiger partial charge in [0.15, 0.2) is 0 Å². The molecule has 0 aromatic carbocycles. The van der Waals surface area contributed by atoms with Crippen LogP contribution in [-0.4, -0.2) is 25.7 Å². The fourth-order valence-electron chi connectivity index (χ4n) is 1.51. The number of hydrogen-bond acceptors (Lipinski definition) is 2. The van der Waals surface area contributed by atoms with Gasteiger partial charge >= 0.3 is 0 Å². The topological polar surface area (TPSA) is 38.3 Å². The van der Waals surface area contributed by atoms with E-state index < -0.39 is 0 Å². The molecular weight excluding hydrogens is 142 g/mol. The van der Waals surface area contributed by atoms with Crippen LogP contribution >= 0.6 is 0 Å². The maximum absolute atomic E-state index is 10.6. The van der Waals surface area contributed by atoms with Crippen molar-refractivity contribution >= 4 is 5.91 Å². The van der Waals surface area contributed by atoms with Gasteiger partial charge in [-0.1, -0.05) is 0 Å². The third-order valence-electron chi connectivity index (χ3n) is 2.05. The van der Waals surface area contributed by atoms with E-state index in [0.717, 1.165) is 19.4 Å². The molecule has 0 saturated heterocycles. The molecule has 1 N–H and O–H groups in total. The van der Waals surface area contributed by atoms with Gasteiger partial charge in [0, 0.05) is 26.7 Å². The van der Waals surface area contributed by atoms with E-state index in [2.05, 4.69) is 5.32 Å². The van der Waals surface area contributed by atoms with Gasteiger partial charge < -0.3 is 10.1 Å². The van der Waals surface area contributed by atoms with Gasteiger partial charge in [0.25, 0.3) is 0 Å². The highest BCUT2D eigenvalue weighted by Crippen LogP contribution is 2.27. The highest BCUT2D eigenvalue weighted by Gasteiger charge is 2.28. The quantitative estimate of drug-likeness (QED) is 0.649. The second-order valence-corrected chi connectivity index (χ2v) is 3.19. The van der Waals surface area contributed by atoms with Crippen LogP contribution < -0.4 is 5.32 Å². The summed E-state index contributed by atoms with van der Waals surface area (Å²) in [7, 11) is 1.71. The molecule has 1 amide bonds. The Morgan fingerprint density at radius 2 is 2.27 bits per heavy atom. The molecule has 11 heavy (non-hydrogen) atoms. The van der Waals surface area contributed by atoms with E-state index in [1.165, 1.54) is 0 Å². The van der Waals surface area contributed by atoms with Crippen LogP contribution in [0.2, 0.25) is 0 Å². The van der Waals surface area contributed by atoms with E-state index in [1.54, 1.807) is 14.0 Å². The van der Waals surface area contributed by atoms with E-state index in [9.17, 15) is 4.79 Å².